The van der Waals surface area contributed by atoms with Crippen LogP contribution < -0.4 is 10.9 Å². The second-order valence-electron chi connectivity index (χ2n) is 6.31. The number of carbonyl (C=O) groups is 1. The highest BCUT2D eigenvalue weighted by molar-refractivity contribution is 6.42. The normalized spacial score (nSPS) is 11.3. The van der Waals surface area contributed by atoms with Crippen LogP contribution in [0.1, 0.15) is 26.3 Å². The van der Waals surface area contributed by atoms with Crippen molar-refractivity contribution in [2.24, 2.45) is 5.41 Å². The molecule has 0 fully saturated rings. The van der Waals surface area contributed by atoms with Gasteiger partial charge in [-0.15, -0.1) is 0 Å². The SMILES string of the molecule is CC(C)(C)C(=O)Nc1cccn(Cc2ccc(Cl)c(Cl)c2)c1=O. The van der Waals surface area contributed by atoms with E-state index in [1.165, 1.54) is 4.57 Å². The van der Waals surface area contributed by atoms with Crippen molar-refractivity contribution in [3.8, 4) is 0 Å². The Balaban J connectivity index is 2.27. The van der Waals surface area contributed by atoms with Crippen molar-refractivity contribution in [1.82, 2.24) is 4.57 Å². The number of hydrogen-bond acceptors (Lipinski definition) is 2. The number of rotatable bonds is 3. The van der Waals surface area contributed by atoms with Crippen LogP contribution in [0.5, 0.6) is 0 Å². The van der Waals surface area contributed by atoms with Crippen molar-refractivity contribution in [3.05, 3.63) is 62.5 Å². The maximum absolute atomic E-state index is 12.5. The number of amides is 1. The molecule has 0 spiro atoms. The minimum absolute atomic E-state index is 0.207. The Bertz CT molecular complexity index is 792. The summed E-state index contributed by atoms with van der Waals surface area (Å²) in [5.74, 6) is -0.207. The molecule has 0 aliphatic heterocycles. The van der Waals surface area contributed by atoms with Gasteiger partial charge in [0.05, 0.1) is 16.6 Å². The summed E-state index contributed by atoms with van der Waals surface area (Å²) in [7, 11) is 0. The van der Waals surface area contributed by atoms with Crippen molar-refractivity contribution in [3.63, 3.8) is 0 Å². The summed E-state index contributed by atoms with van der Waals surface area (Å²) in [5.41, 5.74) is 0.265. The topological polar surface area (TPSA) is 51.1 Å². The molecule has 6 heteroatoms. The quantitative estimate of drug-likeness (QED) is 0.900. The summed E-state index contributed by atoms with van der Waals surface area (Å²) in [6, 6.07) is 8.53. The second kappa shape index (κ2) is 6.77. The molecule has 23 heavy (non-hydrogen) atoms. The monoisotopic (exact) mass is 352 g/mol. The summed E-state index contributed by atoms with van der Waals surface area (Å²) < 4.78 is 1.51. The van der Waals surface area contributed by atoms with Gasteiger partial charge in [-0.2, -0.15) is 0 Å². The van der Waals surface area contributed by atoms with E-state index in [0.29, 0.717) is 16.6 Å². The lowest BCUT2D eigenvalue weighted by molar-refractivity contribution is -0.123. The third-order valence-corrected chi connectivity index (χ3v) is 4.03. The van der Waals surface area contributed by atoms with Gasteiger partial charge in [0.1, 0.15) is 5.69 Å². The van der Waals surface area contributed by atoms with E-state index < -0.39 is 5.41 Å². The molecule has 0 aliphatic rings. The summed E-state index contributed by atoms with van der Waals surface area (Å²) in [6.45, 7) is 5.72. The van der Waals surface area contributed by atoms with Gasteiger partial charge >= 0.3 is 0 Å². The molecule has 0 aliphatic carbocycles. The molecule has 1 N–H and O–H groups in total. The van der Waals surface area contributed by atoms with Crippen LogP contribution >= 0.6 is 23.2 Å². The number of anilines is 1. The summed E-state index contributed by atoms with van der Waals surface area (Å²) in [5, 5.41) is 3.58. The maximum atomic E-state index is 12.5. The Morgan fingerprint density at radius 2 is 1.87 bits per heavy atom. The number of nitrogens with one attached hydrogen (secondary N) is 1. The van der Waals surface area contributed by atoms with Gasteiger partial charge < -0.3 is 9.88 Å². The third-order valence-electron chi connectivity index (χ3n) is 3.29. The van der Waals surface area contributed by atoms with Gasteiger partial charge in [0.2, 0.25) is 5.91 Å². The molecule has 1 heterocycles. The molecule has 1 aromatic carbocycles. The number of benzene rings is 1. The van der Waals surface area contributed by atoms with Crippen molar-refractivity contribution >= 4 is 34.8 Å². The van der Waals surface area contributed by atoms with Gasteiger partial charge in [-0.1, -0.05) is 50.0 Å². The number of halogens is 2. The van der Waals surface area contributed by atoms with Gasteiger partial charge in [0, 0.05) is 11.6 Å². The van der Waals surface area contributed by atoms with Crippen molar-refractivity contribution in [2.45, 2.75) is 27.3 Å². The average Bonchev–Trinajstić information content (AvgIpc) is 2.46. The van der Waals surface area contributed by atoms with E-state index in [1.54, 1.807) is 57.3 Å². The second-order valence-corrected chi connectivity index (χ2v) is 7.12. The Hall–Kier alpha value is -1.78. The maximum Gasteiger partial charge on any atom is 0.274 e. The van der Waals surface area contributed by atoms with Crippen LogP contribution in [0.15, 0.2) is 41.3 Å². The minimum atomic E-state index is -0.573. The highest BCUT2D eigenvalue weighted by Crippen LogP contribution is 2.23. The molecule has 0 unspecified atom stereocenters. The molecular weight excluding hydrogens is 335 g/mol. The highest BCUT2D eigenvalue weighted by atomic mass is 35.5. The zero-order chi connectivity index (χ0) is 17.2. The van der Waals surface area contributed by atoms with E-state index in [0.717, 1.165) is 5.56 Å². The number of hydrogen-bond donors (Lipinski definition) is 1. The van der Waals surface area contributed by atoms with E-state index in [9.17, 15) is 9.59 Å². The van der Waals surface area contributed by atoms with E-state index >= 15 is 0 Å². The number of carbonyl (C=O) groups excluding carboxylic acids is 1. The van der Waals surface area contributed by atoms with Crippen LogP contribution in [0.4, 0.5) is 5.69 Å². The lowest BCUT2D eigenvalue weighted by Gasteiger charge is -2.18. The number of nitrogens with zero attached hydrogens (tertiary/aromatic N) is 1. The first-order valence-electron chi connectivity index (χ1n) is 7.13. The largest absolute Gasteiger partial charge is 0.321 e. The molecule has 0 atom stereocenters. The van der Waals surface area contributed by atoms with E-state index in [1.807, 2.05) is 0 Å². The molecule has 4 nitrogen and oxygen atoms in total. The van der Waals surface area contributed by atoms with E-state index in [-0.39, 0.29) is 17.2 Å². The van der Waals surface area contributed by atoms with Gasteiger partial charge in [0.15, 0.2) is 0 Å². The van der Waals surface area contributed by atoms with Crippen molar-refractivity contribution in [2.75, 3.05) is 5.32 Å². The van der Waals surface area contributed by atoms with E-state index in [2.05, 4.69) is 5.32 Å². The van der Waals surface area contributed by atoms with Crippen LogP contribution in [-0.4, -0.2) is 10.5 Å². The molecule has 2 rings (SSSR count). The summed E-state index contributed by atoms with van der Waals surface area (Å²) in [6.07, 6.45) is 1.66. The highest BCUT2D eigenvalue weighted by Gasteiger charge is 2.22. The molecule has 1 aromatic heterocycles. The van der Waals surface area contributed by atoms with Crippen molar-refractivity contribution < 1.29 is 4.79 Å². The predicted octanol–water partition coefficient (Wildman–Crippen LogP) is 4.19. The molecule has 0 saturated carbocycles. The summed E-state index contributed by atoms with van der Waals surface area (Å²) in [4.78, 5) is 24.5. The molecule has 0 bridgehead atoms. The fourth-order valence-corrected chi connectivity index (χ4v) is 2.22. The van der Waals surface area contributed by atoms with Crippen LogP contribution in [0.25, 0.3) is 0 Å². The molecule has 1 amide bonds. The van der Waals surface area contributed by atoms with E-state index in [4.69, 9.17) is 23.2 Å². The Kier molecular flexibility index (Phi) is 5.17. The molecular formula is C17H18Cl2N2O2. The van der Waals surface area contributed by atoms with Crippen LogP contribution in [0.3, 0.4) is 0 Å². The Morgan fingerprint density at radius 1 is 1.17 bits per heavy atom. The number of aromatic nitrogens is 1. The smallest absolute Gasteiger partial charge is 0.274 e. The first-order valence-corrected chi connectivity index (χ1v) is 7.89. The van der Waals surface area contributed by atoms with Gasteiger partial charge in [-0.05, 0) is 29.8 Å². The number of pyridine rings is 1. The lowest BCUT2D eigenvalue weighted by atomic mass is 9.95. The first-order chi connectivity index (χ1) is 10.7. The Labute approximate surface area is 145 Å². The predicted molar refractivity (Wildman–Crippen MR) is 94.4 cm³/mol. The average molecular weight is 353 g/mol. The molecule has 0 radical (unpaired) electrons. The van der Waals surface area contributed by atoms with Crippen LogP contribution in [0, 0.1) is 5.41 Å². The first kappa shape index (κ1) is 17.6. The zero-order valence-corrected chi connectivity index (χ0v) is 14.7. The van der Waals surface area contributed by atoms with Crippen LogP contribution in [-0.2, 0) is 11.3 Å². The Morgan fingerprint density at radius 3 is 2.48 bits per heavy atom. The summed E-state index contributed by atoms with van der Waals surface area (Å²) >= 11 is 11.9. The zero-order valence-electron chi connectivity index (χ0n) is 13.2. The molecule has 2 aromatic rings. The van der Waals surface area contributed by atoms with Crippen LogP contribution in [0.2, 0.25) is 10.0 Å². The van der Waals surface area contributed by atoms with Gasteiger partial charge in [0.25, 0.3) is 5.56 Å². The standard InChI is InChI=1S/C17H18Cl2N2O2/c1-17(2,3)16(23)20-14-5-4-8-21(15(14)22)10-11-6-7-12(18)13(19)9-11/h4-9H,10H2,1-3H3,(H,20,23). The molecule has 122 valence electrons. The third kappa shape index (κ3) is 4.36. The minimum Gasteiger partial charge on any atom is -0.321 e. The fraction of sp³-hybridized carbons (Fsp3) is 0.294. The fourth-order valence-electron chi connectivity index (χ4n) is 1.90. The lowest BCUT2D eigenvalue weighted by Crippen LogP contribution is -2.32. The van der Waals surface area contributed by atoms with Gasteiger partial charge in [-0.3, -0.25) is 9.59 Å². The molecule has 0 saturated heterocycles. The van der Waals surface area contributed by atoms with Gasteiger partial charge in [-0.25, -0.2) is 0 Å². The van der Waals surface area contributed by atoms with Crippen molar-refractivity contribution in [1.29, 1.82) is 0 Å².